The Morgan fingerprint density at radius 1 is 0.794 bits per heavy atom. The molecule has 0 saturated heterocycles. The van der Waals surface area contributed by atoms with E-state index in [1.807, 2.05) is 18.2 Å². The fourth-order valence-electron chi connectivity index (χ4n) is 3.96. The van der Waals surface area contributed by atoms with Crippen LogP contribution in [0.3, 0.4) is 0 Å². The summed E-state index contributed by atoms with van der Waals surface area (Å²) >= 11 is 0. The number of imide groups is 1. The van der Waals surface area contributed by atoms with Crippen molar-refractivity contribution in [2.45, 2.75) is 0 Å². The third kappa shape index (κ3) is 4.05. The van der Waals surface area contributed by atoms with Crippen molar-refractivity contribution in [2.75, 3.05) is 39.3 Å². The molecule has 174 valence electrons. The molecule has 0 saturated carbocycles. The Bertz CT molecular complexity index is 1180. The van der Waals surface area contributed by atoms with Gasteiger partial charge in [0.25, 0.3) is 17.7 Å². The Morgan fingerprint density at radius 3 is 1.82 bits per heavy atom. The SMILES string of the molecule is COc1cc(C(=O)N(CCN2C(=O)c3ccccc3C2=O)c2ccccc2)cc(OC)c1OC. The molecule has 1 heterocycles. The molecular formula is C26H24N2O6. The summed E-state index contributed by atoms with van der Waals surface area (Å²) in [5, 5.41) is 0. The molecule has 3 aromatic carbocycles. The molecule has 0 N–H and O–H groups in total. The van der Waals surface area contributed by atoms with Gasteiger partial charge in [-0.15, -0.1) is 0 Å². The summed E-state index contributed by atoms with van der Waals surface area (Å²) < 4.78 is 16.1. The fourth-order valence-corrected chi connectivity index (χ4v) is 3.96. The van der Waals surface area contributed by atoms with Crippen molar-refractivity contribution < 1.29 is 28.6 Å². The molecular weight excluding hydrogens is 436 g/mol. The number of hydrogen-bond donors (Lipinski definition) is 0. The van der Waals surface area contributed by atoms with E-state index < -0.39 is 0 Å². The molecule has 0 fully saturated rings. The zero-order valence-electron chi connectivity index (χ0n) is 19.1. The first-order chi connectivity index (χ1) is 16.5. The quantitative estimate of drug-likeness (QED) is 0.477. The van der Waals surface area contributed by atoms with E-state index in [-0.39, 0.29) is 30.8 Å². The van der Waals surface area contributed by atoms with E-state index in [0.29, 0.717) is 39.6 Å². The first kappa shape index (κ1) is 22.8. The van der Waals surface area contributed by atoms with Crippen LogP contribution in [0.5, 0.6) is 17.2 Å². The van der Waals surface area contributed by atoms with Crippen LogP contribution >= 0.6 is 0 Å². The molecule has 3 amide bonds. The van der Waals surface area contributed by atoms with Crippen LogP contribution in [0.2, 0.25) is 0 Å². The number of para-hydroxylation sites is 1. The third-order valence-electron chi connectivity index (χ3n) is 5.65. The molecule has 3 aromatic rings. The van der Waals surface area contributed by atoms with Crippen molar-refractivity contribution in [3.05, 3.63) is 83.4 Å². The maximum Gasteiger partial charge on any atom is 0.261 e. The lowest BCUT2D eigenvalue weighted by Crippen LogP contribution is -2.41. The number of carbonyl (C=O) groups excluding carboxylic acids is 3. The second-order valence-corrected chi connectivity index (χ2v) is 7.51. The van der Waals surface area contributed by atoms with Crippen LogP contribution in [-0.2, 0) is 0 Å². The molecule has 0 spiro atoms. The monoisotopic (exact) mass is 460 g/mol. The van der Waals surface area contributed by atoms with Gasteiger partial charge in [-0.3, -0.25) is 19.3 Å². The van der Waals surface area contributed by atoms with Gasteiger partial charge in [0.2, 0.25) is 5.75 Å². The molecule has 0 radical (unpaired) electrons. The number of amides is 3. The summed E-state index contributed by atoms with van der Waals surface area (Å²) in [6.45, 7) is 0.141. The van der Waals surface area contributed by atoms with Crippen molar-refractivity contribution in [1.29, 1.82) is 0 Å². The van der Waals surface area contributed by atoms with Gasteiger partial charge in [-0.2, -0.15) is 0 Å². The summed E-state index contributed by atoms with van der Waals surface area (Å²) in [7, 11) is 4.44. The summed E-state index contributed by atoms with van der Waals surface area (Å²) in [4.78, 5) is 41.9. The number of methoxy groups -OCH3 is 3. The van der Waals surface area contributed by atoms with Crippen LogP contribution in [0.25, 0.3) is 0 Å². The maximum atomic E-state index is 13.7. The minimum absolute atomic E-state index is 0.0391. The van der Waals surface area contributed by atoms with E-state index in [1.54, 1.807) is 48.5 Å². The second-order valence-electron chi connectivity index (χ2n) is 7.51. The van der Waals surface area contributed by atoms with E-state index in [4.69, 9.17) is 14.2 Å². The Morgan fingerprint density at radius 2 is 1.32 bits per heavy atom. The minimum atomic E-state index is -0.367. The number of carbonyl (C=O) groups is 3. The molecule has 1 aliphatic heterocycles. The zero-order valence-corrected chi connectivity index (χ0v) is 19.1. The third-order valence-corrected chi connectivity index (χ3v) is 5.65. The average Bonchev–Trinajstić information content (AvgIpc) is 3.13. The summed E-state index contributed by atoms with van der Waals surface area (Å²) in [5.74, 6) is -0.0132. The Hall–Kier alpha value is -4.33. The first-order valence-corrected chi connectivity index (χ1v) is 10.6. The van der Waals surface area contributed by atoms with Crippen LogP contribution in [0, 0.1) is 0 Å². The van der Waals surface area contributed by atoms with E-state index in [1.165, 1.54) is 31.1 Å². The lowest BCUT2D eigenvalue weighted by Gasteiger charge is -2.26. The number of nitrogens with zero attached hydrogens (tertiary/aromatic N) is 2. The van der Waals surface area contributed by atoms with Gasteiger partial charge in [-0.1, -0.05) is 30.3 Å². The molecule has 0 atom stereocenters. The Balaban J connectivity index is 1.65. The van der Waals surface area contributed by atoms with E-state index in [9.17, 15) is 14.4 Å². The first-order valence-electron chi connectivity index (χ1n) is 10.6. The highest BCUT2D eigenvalue weighted by atomic mass is 16.5. The number of anilines is 1. The molecule has 4 rings (SSSR count). The predicted octanol–water partition coefficient (Wildman–Crippen LogP) is 3.66. The summed E-state index contributed by atoms with van der Waals surface area (Å²) in [5.41, 5.74) is 1.67. The van der Waals surface area contributed by atoms with Crippen LogP contribution in [-0.4, -0.2) is 57.0 Å². The van der Waals surface area contributed by atoms with Gasteiger partial charge >= 0.3 is 0 Å². The largest absolute Gasteiger partial charge is 0.493 e. The molecule has 0 aliphatic carbocycles. The van der Waals surface area contributed by atoms with Crippen LogP contribution in [0.4, 0.5) is 5.69 Å². The number of benzene rings is 3. The standard InChI is InChI=1S/C26H24N2O6/c1-32-21-15-17(16-22(33-2)23(21)34-3)24(29)27(18-9-5-4-6-10-18)13-14-28-25(30)19-11-7-8-12-20(19)26(28)31/h4-12,15-16H,13-14H2,1-3H3. The molecule has 8 heteroatoms. The van der Waals surface area contributed by atoms with Crippen molar-refractivity contribution in [3.63, 3.8) is 0 Å². The van der Waals surface area contributed by atoms with Crippen molar-refractivity contribution in [2.24, 2.45) is 0 Å². The van der Waals surface area contributed by atoms with Crippen molar-refractivity contribution >= 4 is 23.4 Å². The van der Waals surface area contributed by atoms with Gasteiger partial charge in [0.15, 0.2) is 11.5 Å². The van der Waals surface area contributed by atoms with E-state index >= 15 is 0 Å². The molecule has 0 unspecified atom stereocenters. The average molecular weight is 460 g/mol. The molecule has 34 heavy (non-hydrogen) atoms. The van der Waals surface area contributed by atoms with Crippen LogP contribution < -0.4 is 19.1 Å². The number of fused-ring (bicyclic) bond motifs is 1. The van der Waals surface area contributed by atoms with E-state index in [2.05, 4.69) is 0 Å². The lowest BCUT2D eigenvalue weighted by molar-refractivity contribution is 0.0654. The minimum Gasteiger partial charge on any atom is -0.493 e. The van der Waals surface area contributed by atoms with Crippen LogP contribution in [0.1, 0.15) is 31.1 Å². The normalized spacial score (nSPS) is 12.4. The molecule has 8 nitrogen and oxygen atoms in total. The summed E-state index contributed by atoms with van der Waals surface area (Å²) in [6.07, 6.45) is 0. The zero-order chi connectivity index (χ0) is 24.2. The summed E-state index contributed by atoms with van der Waals surface area (Å²) in [6, 6.07) is 18.9. The highest BCUT2D eigenvalue weighted by Gasteiger charge is 2.35. The Kier molecular flexibility index (Phi) is 6.49. The van der Waals surface area contributed by atoms with Gasteiger partial charge in [0, 0.05) is 24.3 Å². The number of hydrogen-bond acceptors (Lipinski definition) is 6. The predicted molar refractivity (Wildman–Crippen MR) is 126 cm³/mol. The van der Waals surface area contributed by atoms with Gasteiger partial charge in [-0.05, 0) is 36.4 Å². The van der Waals surface area contributed by atoms with Crippen LogP contribution in [0.15, 0.2) is 66.7 Å². The van der Waals surface area contributed by atoms with E-state index in [0.717, 1.165) is 0 Å². The lowest BCUT2D eigenvalue weighted by atomic mass is 10.1. The highest BCUT2D eigenvalue weighted by Crippen LogP contribution is 2.38. The number of ether oxygens (including phenoxy) is 3. The molecule has 0 aromatic heterocycles. The van der Waals surface area contributed by atoms with Gasteiger partial charge in [-0.25, -0.2) is 0 Å². The van der Waals surface area contributed by atoms with Crippen molar-refractivity contribution in [3.8, 4) is 17.2 Å². The topological polar surface area (TPSA) is 85.4 Å². The van der Waals surface area contributed by atoms with Crippen molar-refractivity contribution in [1.82, 2.24) is 4.90 Å². The molecule has 0 bridgehead atoms. The Labute approximate surface area is 197 Å². The van der Waals surface area contributed by atoms with Gasteiger partial charge in [0.05, 0.1) is 32.5 Å². The fraction of sp³-hybridized carbons (Fsp3) is 0.192. The second kappa shape index (κ2) is 9.66. The molecule has 1 aliphatic rings. The maximum absolute atomic E-state index is 13.7. The number of rotatable bonds is 8. The van der Waals surface area contributed by atoms with Gasteiger partial charge in [0.1, 0.15) is 0 Å². The van der Waals surface area contributed by atoms with Gasteiger partial charge < -0.3 is 19.1 Å². The smallest absolute Gasteiger partial charge is 0.261 e. The highest BCUT2D eigenvalue weighted by molar-refractivity contribution is 6.21.